The van der Waals surface area contributed by atoms with E-state index in [-0.39, 0.29) is 17.4 Å². The van der Waals surface area contributed by atoms with Crippen LogP contribution in [0, 0.1) is 0 Å². The Balaban J connectivity index is 2.60. The number of carbonyl (C=O) groups is 1. The van der Waals surface area contributed by atoms with Crippen LogP contribution in [0.3, 0.4) is 0 Å². The molecule has 0 spiro atoms. The molecule has 1 aliphatic carbocycles. The molecule has 1 aliphatic rings. The molecular formula is C15H22N2O. The molecule has 18 heavy (non-hydrogen) atoms. The lowest BCUT2D eigenvalue weighted by molar-refractivity contribution is 0.1000. The second-order valence-electron chi connectivity index (χ2n) is 5.24. The first kappa shape index (κ1) is 13.1. The molecule has 1 atom stereocenters. The van der Waals surface area contributed by atoms with E-state index in [9.17, 15) is 4.79 Å². The smallest absolute Gasteiger partial charge is 0.248 e. The van der Waals surface area contributed by atoms with E-state index in [2.05, 4.69) is 13.8 Å². The molecule has 4 N–H and O–H groups in total. The molecule has 3 heteroatoms. The van der Waals surface area contributed by atoms with Gasteiger partial charge in [-0.25, -0.2) is 0 Å². The second kappa shape index (κ2) is 4.73. The first-order valence-electron chi connectivity index (χ1n) is 6.74. The summed E-state index contributed by atoms with van der Waals surface area (Å²) in [6.45, 7) is 4.35. The van der Waals surface area contributed by atoms with Crippen molar-refractivity contribution in [2.75, 3.05) is 0 Å². The highest BCUT2D eigenvalue weighted by Crippen LogP contribution is 2.42. The Morgan fingerprint density at radius 2 is 2.06 bits per heavy atom. The molecule has 0 heterocycles. The van der Waals surface area contributed by atoms with E-state index in [1.807, 2.05) is 18.2 Å². The van der Waals surface area contributed by atoms with Crippen LogP contribution in [-0.4, -0.2) is 11.9 Å². The van der Waals surface area contributed by atoms with Crippen LogP contribution in [0.2, 0.25) is 0 Å². The summed E-state index contributed by atoms with van der Waals surface area (Å²) in [4.78, 5) is 11.3. The van der Waals surface area contributed by atoms with E-state index in [0.29, 0.717) is 5.56 Å². The first-order chi connectivity index (χ1) is 8.55. The quantitative estimate of drug-likeness (QED) is 0.857. The summed E-state index contributed by atoms with van der Waals surface area (Å²) < 4.78 is 0. The molecule has 0 bridgehead atoms. The molecule has 98 valence electrons. The van der Waals surface area contributed by atoms with Gasteiger partial charge in [0, 0.05) is 17.0 Å². The van der Waals surface area contributed by atoms with Gasteiger partial charge in [-0.05, 0) is 48.9 Å². The highest BCUT2D eigenvalue weighted by atomic mass is 16.1. The van der Waals surface area contributed by atoms with E-state index in [0.717, 1.165) is 25.7 Å². The Morgan fingerprint density at radius 1 is 1.39 bits per heavy atom. The molecule has 0 saturated heterocycles. The molecule has 0 fully saturated rings. The fourth-order valence-corrected chi connectivity index (χ4v) is 3.35. The monoisotopic (exact) mass is 246 g/mol. The van der Waals surface area contributed by atoms with E-state index >= 15 is 0 Å². The minimum Gasteiger partial charge on any atom is -0.366 e. The summed E-state index contributed by atoms with van der Waals surface area (Å²) in [7, 11) is 0. The first-order valence-corrected chi connectivity index (χ1v) is 6.74. The number of primary amides is 1. The number of hydrogen-bond acceptors (Lipinski definition) is 2. The van der Waals surface area contributed by atoms with Crippen molar-refractivity contribution < 1.29 is 4.79 Å². The van der Waals surface area contributed by atoms with Gasteiger partial charge < -0.3 is 11.5 Å². The summed E-state index contributed by atoms with van der Waals surface area (Å²) in [6.07, 6.45) is 4.02. The van der Waals surface area contributed by atoms with Crippen LogP contribution in [0.1, 0.15) is 54.6 Å². The third kappa shape index (κ3) is 1.83. The molecule has 1 amide bonds. The van der Waals surface area contributed by atoms with Crippen molar-refractivity contribution in [3.05, 3.63) is 34.9 Å². The van der Waals surface area contributed by atoms with E-state index in [4.69, 9.17) is 11.5 Å². The minimum atomic E-state index is -0.363. The van der Waals surface area contributed by atoms with Gasteiger partial charge in [0.1, 0.15) is 0 Å². The second-order valence-corrected chi connectivity index (χ2v) is 5.24. The number of amides is 1. The number of nitrogens with two attached hydrogens (primary N) is 2. The molecular weight excluding hydrogens is 224 g/mol. The van der Waals surface area contributed by atoms with Crippen molar-refractivity contribution in [3.63, 3.8) is 0 Å². The molecule has 0 saturated carbocycles. The number of fused-ring (bicyclic) bond motifs is 1. The maximum Gasteiger partial charge on any atom is 0.248 e. The zero-order valence-corrected chi connectivity index (χ0v) is 11.2. The summed E-state index contributed by atoms with van der Waals surface area (Å²) in [6, 6.07) is 6.00. The van der Waals surface area contributed by atoms with Crippen LogP contribution in [0.25, 0.3) is 0 Å². The summed E-state index contributed by atoms with van der Waals surface area (Å²) in [5, 5.41) is 0. The van der Waals surface area contributed by atoms with Crippen molar-refractivity contribution in [1.82, 2.24) is 0 Å². The van der Waals surface area contributed by atoms with Gasteiger partial charge in [0.05, 0.1) is 0 Å². The van der Waals surface area contributed by atoms with Crippen molar-refractivity contribution >= 4 is 5.91 Å². The van der Waals surface area contributed by atoms with Crippen molar-refractivity contribution in [3.8, 4) is 0 Å². The molecule has 0 aliphatic heterocycles. The lowest BCUT2D eigenvalue weighted by Gasteiger charge is -2.43. The molecule has 0 aromatic heterocycles. The maximum absolute atomic E-state index is 11.3. The Kier molecular flexibility index (Phi) is 3.44. The lowest BCUT2D eigenvalue weighted by Crippen LogP contribution is -2.48. The Morgan fingerprint density at radius 3 is 2.61 bits per heavy atom. The Labute approximate surface area is 109 Å². The summed E-state index contributed by atoms with van der Waals surface area (Å²) in [5.41, 5.74) is 14.9. The molecule has 3 nitrogen and oxygen atoms in total. The fourth-order valence-electron chi connectivity index (χ4n) is 3.35. The van der Waals surface area contributed by atoms with Crippen LogP contribution in [0.5, 0.6) is 0 Å². The van der Waals surface area contributed by atoms with Gasteiger partial charge >= 0.3 is 0 Å². The maximum atomic E-state index is 11.3. The van der Waals surface area contributed by atoms with E-state index in [1.165, 1.54) is 11.1 Å². The van der Waals surface area contributed by atoms with Gasteiger partial charge in [-0.2, -0.15) is 0 Å². The summed E-state index contributed by atoms with van der Waals surface area (Å²) >= 11 is 0. The molecule has 2 rings (SSSR count). The minimum absolute atomic E-state index is 0.000949. The van der Waals surface area contributed by atoms with Crippen molar-refractivity contribution in [2.24, 2.45) is 11.5 Å². The van der Waals surface area contributed by atoms with E-state index in [1.54, 1.807) is 0 Å². The van der Waals surface area contributed by atoms with Gasteiger partial charge in [-0.15, -0.1) is 0 Å². The topological polar surface area (TPSA) is 69.1 Å². The highest BCUT2D eigenvalue weighted by molar-refractivity contribution is 5.93. The number of aryl methyl sites for hydroxylation is 1. The predicted octanol–water partition coefficient (Wildman–Crippen LogP) is 2.12. The zero-order chi connectivity index (χ0) is 13.3. The highest BCUT2D eigenvalue weighted by Gasteiger charge is 2.39. The summed E-state index contributed by atoms with van der Waals surface area (Å²) in [5.74, 6) is -0.363. The largest absolute Gasteiger partial charge is 0.366 e. The standard InChI is InChI=1S/C15H22N2O/c1-3-15(4-2)12-9-11(14(17)18)6-5-10(12)7-8-13(15)16/h5-6,9,13H,3-4,7-8,16H2,1-2H3,(H2,17,18)/t13-/m1/s1. The van der Waals surface area contributed by atoms with E-state index < -0.39 is 0 Å². The van der Waals surface area contributed by atoms with Crippen LogP contribution in [0.15, 0.2) is 18.2 Å². The van der Waals surface area contributed by atoms with Gasteiger partial charge in [-0.1, -0.05) is 19.9 Å². The Bertz CT molecular complexity index is 464. The lowest BCUT2D eigenvalue weighted by atomic mass is 9.63. The number of benzene rings is 1. The van der Waals surface area contributed by atoms with Crippen molar-refractivity contribution in [2.45, 2.75) is 51.0 Å². The van der Waals surface area contributed by atoms with Gasteiger partial charge in [0.25, 0.3) is 0 Å². The predicted molar refractivity (Wildman–Crippen MR) is 73.5 cm³/mol. The van der Waals surface area contributed by atoms with Crippen LogP contribution < -0.4 is 11.5 Å². The van der Waals surface area contributed by atoms with Crippen LogP contribution in [-0.2, 0) is 11.8 Å². The molecule has 1 aromatic rings. The Hall–Kier alpha value is -1.35. The number of rotatable bonds is 3. The average Bonchev–Trinajstić information content (AvgIpc) is 2.38. The fraction of sp³-hybridized carbons (Fsp3) is 0.533. The van der Waals surface area contributed by atoms with Crippen LogP contribution >= 0.6 is 0 Å². The molecule has 0 unspecified atom stereocenters. The normalized spacial score (nSPS) is 21.4. The molecule has 0 radical (unpaired) electrons. The van der Waals surface area contributed by atoms with Gasteiger partial charge in [0.15, 0.2) is 0 Å². The van der Waals surface area contributed by atoms with Gasteiger partial charge in [-0.3, -0.25) is 4.79 Å². The third-order valence-electron chi connectivity index (χ3n) is 4.63. The van der Waals surface area contributed by atoms with Crippen molar-refractivity contribution in [1.29, 1.82) is 0 Å². The number of carbonyl (C=O) groups excluding carboxylic acids is 1. The number of hydrogen-bond donors (Lipinski definition) is 2. The zero-order valence-electron chi connectivity index (χ0n) is 11.2. The third-order valence-corrected chi connectivity index (χ3v) is 4.63. The SMILES string of the molecule is CCC1(CC)c2cc(C(N)=O)ccc2CC[C@H]1N. The van der Waals surface area contributed by atoms with Crippen LogP contribution in [0.4, 0.5) is 0 Å². The average molecular weight is 246 g/mol. The van der Waals surface area contributed by atoms with Gasteiger partial charge in [0.2, 0.25) is 5.91 Å². The molecule has 1 aromatic carbocycles.